The van der Waals surface area contributed by atoms with Gasteiger partial charge in [0.1, 0.15) is 0 Å². The van der Waals surface area contributed by atoms with E-state index in [4.69, 9.17) is 11.5 Å². The predicted molar refractivity (Wildman–Crippen MR) is 64.7 cm³/mol. The molecule has 0 aromatic carbocycles. The van der Waals surface area contributed by atoms with E-state index in [1.165, 1.54) is 19.3 Å². The summed E-state index contributed by atoms with van der Waals surface area (Å²) in [6, 6.07) is 0. The molecule has 1 aliphatic carbocycles. The van der Waals surface area contributed by atoms with Crippen molar-refractivity contribution in [2.75, 3.05) is 19.6 Å². The lowest BCUT2D eigenvalue weighted by atomic mass is 10.2. The fourth-order valence-electron chi connectivity index (χ4n) is 1.50. The topological polar surface area (TPSA) is 76.4 Å². The molecule has 0 heterocycles. The molecule has 4 nitrogen and oxygen atoms in total. The summed E-state index contributed by atoms with van der Waals surface area (Å²) < 4.78 is 0. The van der Waals surface area contributed by atoms with Gasteiger partial charge < -0.3 is 16.8 Å². The van der Waals surface area contributed by atoms with E-state index in [0.29, 0.717) is 5.96 Å². The van der Waals surface area contributed by atoms with E-state index in [2.05, 4.69) is 10.3 Å². The van der Waals surface area contributed by atoms with Crippen LogP contribution in [0.1, 0.15) is 38.5 Å². The Hall–Kier alpha value is -0.770. The van der Waals surface area contributed by atoms with Crippen LogP contribution >= 0.6 is 0 Å². The maximum atomic E-state index is 5.71. The van der Waals surface area contributed by atoms with Gasteiger partial charge >= 0.3 is 0 Å². The third-order valence-electron chi connectivity index (χ3n) is 2.70. The van der Waals surface area contributed by atoms with E-state index in [1.807, 2.05) is 0 Å². The lowest BCUT2D eigenvalue weighted by Crippen LogP contribution is -2.32. The van der Waals surface area contributed by atoms with Crippen molar-refractivity contribution in [3.63, 3.8) is 0 Å². The summed E-state index contributed by atoms with van der Waals surface area (Å²) in [5.41, 5.74) is 11.1. The number of nitrogens with zero attached hydrogens (tertiary/aromatic N) is 1. The zero-order chi connectivity index (χ0) is 10.9. The molecule has 1 fully saturated rings. The highest BCUT2D eigenvalue weighted by atomic mass is 15.1. The van der Waals surface area contributed by atoms with Crippen LogP contribution in [0.25, 0.3) is 0 Å². The predicted octanol–water partition coefficient (Wildman–Crippen LogP) is 0.820. The number of aliphatic imine (C=N–C) groups is 1. The Balaban J connectivity index is 1.89. The molecule has 1 aliphatic rings. The fourth-order valence-corrected chi connectivity index (χ4v) is 1.50. The Bertz CT molecular complexity index is 187. The van der Waals surface area contributed by atoms with Gasteiger partial charge in [0.05, 0.1) is 0 Å². The number of hydrogen-bond donors (Lipinski definition) is 3. The van der Waals surface area contributed by atoms with Crippen molar-refractivity contribution < 1.29 is 0 Å². The molecule has 0 unspecified atom stereocenters. The molecular formula is C11H24N4. The number of guanidine groups is 1. The zero-order valence-corrected chi connectivity index (χ0v) is 9.54. The molecule has 1 saturated carbocycles. The second-order valence-corrected chi connectivity index (χ2v) is 4.28. The summed E-state index contributed by atoms with van der Waals surface area (Å²) in [5.74, 6) is 1.55. The van der Waals surface area contributed by atoms with Crippen molar-refractivity contribution in [1.29, 1.82) is 0 Å². The first kappa shape index (κ1) is 12.3. The number of rotatable bonds is 8. The van der Waals surface area contributed by atoms with E-state index >= 15 is 0 Å². The van der Waals surface area contributed by atoms with Crippen LogP contribution < -0.4 is 16.8 Å². The second-order valence-electron chi connectivity index (χ2n) is 4.28. The summed E-state index contributed by atoms with van der Waals surface area (Å²) in [6.45, 7) is 2.57. The van der Waals surface area contributed by atoms with Crippen molar-refractivity contribution in [3.05, 3.63) is 0 Å². The van der Waals surface area contributed by atoms with Gasteiger partial charge in [-0.05, 0) is 31.7 Å². The molecule has 0 aliphatic heterocycles. The van der Waals surface area contributed by atoms with Crippen LogP contribution in [0.5, 0.6) is 0 Å². The SMILES string of the molecule is NCCCCCN=C(N)NCCC1CC1. The Morgan fingerprint density at radius 3 is 2.73 bits per heavy atom. The smallest absolute Gasteiger partial charge is 0.188 e. The van der Waals surface area contributed by atoms with E-state index in [-0.39, 0.29) is 0 Å². The van der Waals surface area contributed by atoms with E-state index in [9.17, 15) is 0 Å². The average Bonchev–Trinajstić information content (AvgIpc) is 3.01. The van der Waals surface area contributed by atoms with Gasteiger partial charge in [-0.3, -0.25) is 4.99 Å². The summed E-state index contributed by atoms with van der Waals surface area (Å²) in [5, 5.41) is 3.15. The van der Waals surface area contributed by atoms with Gasteiger partial charge in [0.2, 0.25) is 0 Å². The highest BCUT2D eigenvalue weighted by Gasteiger charge is 2.20. The highest BCUT2D eigenvalue weighted by Crippen LogP contribution is 2.31. The first-order chi connectivity index (χ1) is 7.33. The van der Waals surface area contributed by atoms with Crippen LogP contribution in [0, 0.1) is 5.92 Å². The summed E-state index contributed by atoms with van der Waals surface area (Å²) in [7, 11) is 0. The Kier molecular flexibility index (Phi) is 6.16. The molecule has 0 atom stereocenters. The van der Waals surface area contributed by atoms with Gasteiger partial charge in [-0.25, -0.2) is 0 Å². The van der Waals surface area contributed by atoms with Crippen molar-refractivity contribution in [2.45, 2.75) is 38.5 Å². The lowest BCUT2D eigenvalue weighted by Gasteiger charge is -2.04. The van der Waals surface area contributed by atoms with Gasteiger partial charge in [0.15, 0.2) is 5.96 Å². The van der Waals surface area contributed by atoms with E-state index in [0.717, 1.165) is 44.8 Å². The van der Waals surface area contributed by atoms with Crippen molar-refractivity contribution >= 4 is 5.96 Å². The fraction of sp³-hybridized carbons (Fsp3) is 0.909. The second kappa shape index (κ2) is 7.51. The molecule has 4 heteroatoms. The van der Waals surface area contributed by atoms with E-state index in [1.54, 1.807) is 0 Å². The lowest BCUT2D eigenvalue weighted by molar-refractivity contribution is 0.681. The molecule has 0 spiro atoms. The van der Waals surface area contributed by atoms with Crippen LogP contribution in [0.4, 0.5) is 0 Å². The first-order valence-corrected chi connectivity index (χ1v) is 6.07. The zero-order valence-electron chi connectivity index (χ0n) is 9.54. The van der Waals surface area contributed by atoms with Gasteiger partial charge in [0.25, 0.3) is 0 Å². The van der Waals surface area contributed by atoms with Crippen LogP contribution in [-0.4, -0.2) is 25.6 Å². The molecule has 0 aromatic heterocycles. The molecule has 88 valence electrons. The normalized spacial score (nSPS) is 16.7. The standard InChI is InChI=1S/C11H24N4/c12-7-2-1-3-8-14-11(13)15-9-6-10-4-5-10/h10H,1-9,12H2,(H3,13,14,15). The maximum absolute atomic E-state index is 5.71. The van der Waals surface area contributed by atoms with Crippen molar-refractivity contribution in [3.8, 4) is 0 Å². The monoisotopic (exact) mass is 212 g/mol. The van der Waals surface area contributed by atoms with Crippen LogP contribution in [0.15, 0.2) is 4.99 Å². The Morgan fingerprint density at radius 1 is 1.27 bits per heavy atom. The van der Waals surface area contributed by atoms with Crippen LogP contribution in [0.3, 0.4) is 0 Å². The minimum absolute atomic E-state index is 0.600. The largest absolute Gasteiger partial charge is 0.370 e. The Morgan fingerprint density at radius 2 is 2.07 bits per heavy atom. The molecule has 5 N–H and O–H groups in total. The van der Waals surface area contributed by atoms with Gasteiger partial charge in [-0.2, -0.15) is 0 Å². The van der Waals surface area contributed by atoms with Crippen LogP contribution in [-0.2, 0) is 0 Å². The summed E-state index contributed by atoms with van der Waals surface area (Å²) in [6.07, 6.45) is 7.36. The molecular weight excluding hydrogens is 188 g/mol. The Labute approximate surface area is 92.5 Å². The molecule has 0 aromatic rings. The van der Waals surface area contributed by atoms with Gasteiger partial charge in [-0.15, -0.1) is 0 Å². The van der Waals surface area contributed by atoms with Crippen LogP contribution in [0.2, 0.25) is 0 Å². The third kappa shape index (κ3) is 7.19. The molecule has 1 rings (SSSR count). The van der Waals surface area contributed by atoms with Gasteiger partial charge in [0, 0.05) is 13.1 Å². The molecule has 0 bridgehead atoms. The van der Waals surface area contributed by atoms with Gasteiger partial charge in [-0.1, -0.05) is 19.3 Å². The number of unbranched alkanes of at least 4 members (excludes halogenated alkanes) is 2. The highest BCUT2D eigenvalue weighted by molar-refractivity contribution is 5.77. The molecule has 0 radical (unpaired) electrons. The quantitative estimate of drug-likeness (QED) is 0.317. The number of nitrogens with one attached hydrogen (secondary N) is 1. The molecule has 0 saturated heterocycles. The van der Waals surface area contributed by atoms with Crippen molar-refractivity contribution in [2.24, 2.45) is 22.4 Å². The summed E-state index contributed by atoms with van der Waals surface area (Å²) >= 11 is 0. The molecule has 15 heavy (non-hydrogen) atoms. The third-order valence-corrected chi connectivity index (χ3v) is 2.70. The minimum Gasteiger partial charge on any atom is -0.370 e. The number of hydrogen-bond acceptors (Lipinski definition) is 2. The van der Waals surface area contributed by atoms with E-state index < -0.39 is 0 Å². The molecule has 0 amide bonds. The minimum atomic E-state index is 0.600. The number of nitrogens with two attached hydrogens (primary N) is 2. The average molecular weight is 212 g/mol. The summed E-state index contributed by atoms with van der Waals surface area (Å²) in [4.78, 5) is 4.26. The first-order valence-electron chi connectivity index (χ1n) is 6.07. The van der Waals surface area contributed by atoms with Crippen molar-refractivity contribution in [1.82, 2.24) is 5.32 Å². The maximum Gasteiger partial charge on any atom is 0.188 e.